The first-order valence-electron chi connectivity index (χ1n) is 8.78. The number of hydrogen-bond acceptors (Lipinski definition) is 4. The topological polar surface area (TPSA) is 48.0 Å². The van der Waals surface area contributed by atoms with Gasteiger partial charge in [-0.1, -0.05) is 28.1 Å². The number of carbonyl (C=O) groups excluding carboxylic acids is 1. The van der Waals surface area contributed by atoms with Crippen LogP contribution in [0.2, 0.25) is 0 Å². The molecule has 0 radical (unpaired) electrons. The summed E-state index contributed by atoms with van der Waals surface area (Å²) in [6.45, 7) is 1.93. The largest absolute Gasteiger partial charge is 0.486 e. The van der Waals surface area contributed by atoms with Gasteiger partial charge in [0.15, 0.2) is 18.1 Å². The SMILES string of the molecule is O=C(COc1cccc(Br)c1)N1CCCC1c1ccc2c(c1)OCCO2. The fraction of sp³-hybridized carbons (Fsp3) is 0.350. The third-order valence-corrected chi connectivity index (χ3v) is 5.18. The molecule has 1 fully saturated rings. The first kappa shape index (κ1) is 17.2. The van der Waals surface area contributed by atoms with E-state index in [1.54, 1.807) is 0 Å². The van der Waals surface area contributed by atoms with Crippen molar-refractivity contribution >= 4 is 21.8 Å². The molecule has 2 aliphatic rings. The van der Waals surface area contributed by atoms with Gasteiger partial charge in [0.25, 0.3) is 5.91 Å². The summed E-state index contributed by atoms with van der Waals surface area (Å²) in [5.74, 6) is 2.22. The van der Waals surface area contributed by atoms with E-state index in [1.165, 1.54) is 0 Å². The highest BCUT2D eigenvalue weighted by atomic mass is 79.9. The molecule has 2 heterocycles. The van der Waals surface area contributed by atoms with Crippen LogP contribution in [0, 0.1) is 0 Å². The molecule has 1 atom stereocenters. The highest BCUT2D eigenvalue weighted by Gasteiger charge is 2.31. The Morgan fingerprint density at radius 1 is 1.15 bits per heavy atom. The molecule has 5 nitrogen and oxygen atoms in total. The van der Waals surface area contributed by atoms with Crippen molar-refractivity contribution in [3.63, 3.8) is 0 Å². The van der Waals surface area contributed by atoms with E-state index in [-0.39, 0.29) is 18.6 Å². The van der Waals surface area contributed by atoms with Crippen molar-refractivity contribution in [3.8, 4) is 17.2 Å². The average molecular weight is 418 g/mol. The van der Waals surface area contributed by atoms with E-state index in [0.29, 0.717) is 19.0 Å². The first-order valence-corrected chi connectivity index (χ1v) is 9.57. The quantitative estimate of drug-likeness (QED) is 0.754. The number of amides is 1. The van der Waals surface area contributed by atoms with E-state index in [9.17, 15) is 4.79 Å². The molecule has 2 aromatic rings. The molecule has 26 heavy (non-hydrogen) atoms. The summed E-state index contributed by atoms with van der Waals surface area (Å²) in [5, 5.41) is 0. The minimum atomic E-state index is 0.00219. The van der Waals surface area contributed by atoms with E-state index in [1.807, 2.05) is 47.4 Å². The Labute approximate surface area is 161 Å². The lowest BCUT2D eigenvalue weighted by Gasteiger charge is -2.26. The summed E-state index contributed by atoms with van der Waals surface area (Å²) >= 11 is 3.41. The van der Waals surface area contributed by atoms with E-state index in [2.05, 4.69) is 15.9 Å². The van der Waals surface area contributed by atoms with Gasteiger partial charge in [-0.2, -0.15) is 0 Å². The van der Waals surface area contributed by atoms with Crippen LogP contribution in [0.3, 0.4) is 0 Å². The number of carbonyl (C=O) groups is 1. The minimum Gasteiger partial charge on any atom is -0.486 e. The maximum absolute atomic E-state index is 12.7. The summed E-state index contributed by atoms with van der Waals surface area (Å²) in [6.07, 6.45) is 1.93. The Bertz CT molecular complexity index is 810. The standard InChI is InChI=1S/C20H20BrNO4/c21-15-3-1-4-16(12-15)26-13-20(23)22-8-2-5-17(22)14-6-7-18-19(11-14)25-10-9-24-18/h1,3-4,6-7,11-12,17H,2,5,8-10,13H2. The van der Waals surface area contributed by atoms with Crippen LogP contribution in [0.25, 0.3) is 0 Å². The summed E-state index contributed by atoms with van der Waals surface area (Å²) in [5.41, 5.74) is 1.09. The smallest absolute Gasteiger partial charge is 0.261 e. The average Bonchev–Trinajstić information content (AvgIpc) is 3.16. The Hall–Kier alpha value is -2.21. The number of nitrogens with zero attached hydrogens (tertiary/aromatic N) is 1. The van der Waals surface area contributed by atoms with Crippen LogP contribution in [-0.2, 0) is 4.79 Å². The van der Waals surface area contributed by atoms with Crippen molar-refractivity contribution in [2.75, 3.05) is 26.4 Å². The maximum Gasteiger partial charge on any atom is 0.261 e. The molecule has 0 saturated carbocycles. The lowest BCUT2D eigenvalue weighted by Crippen LogP contribution is -2.34. The molecule has 6 heteroatoms. The third kappa shape index (κ3) is 3.65. The van der Waals surface area contributed by atoms with Gasteiger partial charge in [0.1, 0.15) is 19.0 Å². The molecular weight excluding hydrogens is 398 g/mol. The first-order chi connectivity index (χ1) is 12.7. The molecule has 1 saturated heterocycles. The van der Waals surface area contributed by atoms with Gasteiger partial charge in [0.05, 0.1) is 6.04 Å². The van der Waals surface area contributed by atoms with Crippen LogP contribution >= 0.6 is 15.9 Å². The zero-order valence-corrected chi connectivity index (χ0v) is 15.9. The molecule has 136 valence electrons. The molecule has 0 N–H and O–H groups in total. The van der Waals surface area contributed by atoms with Crippen LogP contribution in [0.1, 0.15) is 24.4 Å². The van der Waals surface area contributed by atoms with E-state index < -0.39 is 0 Å². The zero-order valence-electron chi connectivity index (χ0n) is 14.3. The van der Waals surface area contributed by atoms with Crippen molar-refractivity contribution in [2.24, 2.45) is 0 Å². The number of rotatable bonds is 4. The van der Waals surface area contributed by atoms with Crippen LogP contribution in [0.5, 0.6) is 17.2 Å². The number of halogens is 1. The predicted octanol–water partition coefficient (Wildman–Crippen LogP) is 3.96. The molecule has 0 spiro atoms. The molecule has 4 rings (SSSR count). The van der Waals surface area contributed by atoms with Gasteiger partial charge >= 0.3 is 0 Å². The lowest BCUT2D eigenvalue weighted by atomic mass is 10.0. The van der Waals surface area contributed by atoms with Gasteiger partial charge in [-0.15, -0.1) is 0 Å². The van der Waals surface area contributed by atoms with Crippen molar-refractivity contribution < 1.29 is 19.0 Å². The fourth-order valence-corrected chi connectivity index (χ4v) is 3.84. The van der Waals surface area contributed by atoms with Gasteiger partial charge in [0, 0.05) is 11.0 Å². The van der Waals surface area contributed by atoms with Gasteiger partial charge in [-0.25, -0.2) is 0 Å². The van der Waals surface area contributed by atoms with Crippen LogP contribution < -0.4 is 14.2 Å². The monoisotopic (exact) mass is 417 g/mol. The van der Waals surface area contributed by atoms with Crippen molar-refractivity contribution in [3.05, 3.63) is 52.5 Å². The Morgan fingerprint density at radius 3 is 2.85 bits per heavy atom. The normalized spacial score (nSPS) is 18.7. The summed E-state index contributed by atoms with van der Waals surface area (Å²) < 4.78 is 17.9. The maximum atomic E-state index is 12.7. The number of hydrogen-bond donors (Lipinski definition) is 0. The van der Waals surface area contributed by atoms with Gasteiger partial charge in [-0.3, -0.25) is 4.79 Å². The van der Waals surface area contributed by atoms with Crippen LogP contribution in [0.15, 0.2) is 46.9 Å². The number of benzene rings is 2. The zero-order chi connectivity index (χ0) is 17.9. The van der Waals surface area contributed by atoms with E-state index >= 15 is 0 Å². The van der Waals surface area contributed by atoms with Gasteiger partial charge < -0.3 is 19.1 Å². The van der Waals surface area contributed by atoms with Gasteiger partial charge in [-0.05, 0) is 48.7 Å². The molecule has 0 aliphatic carbocycles. The van der Waals surface area contributed by atoms with E-state index in [0.717, 1.165) is 40.9 Å². The minimum absolute atomic E-state index is 0.00219. The summed E-state index contributed by atoms with van der Waals surface area (Å²) in [7, 11) is 0. The van der Waals surface area contributed by atoms with Crippen LogP contribution in [-0.4, -0.2) is 37.2 Å². The molecule has 1 unspecified atom stereocenters. The second kappa shape index (κ2) is 7.58. The second-order valence-corrected chi connectivity index (χ2v) is 7.31. The Morgan fingerprint density at radius 2 is 2.00 bits per heavy atom. The van der Waals surface area contributed by atoms with E-state index in [4.69, 9.17) is 14.2 Å². The molecular formula is C20H20BrNO4. The van der Waals surface area contributed by atoms with Crippen LogP contribution in [0.4, 0.5) is 0 Å². The summed E-state index contributed by atoms with van der Waals surface area (Å²) in [4.78, 5) is 14.6. The Kier molecular flexibility index (Phi) is 5.02. The van der Waals surface area contributed by atoms with Crippen molar-refractivity contribution in [1.82, 2.24) is 4.90 Å². The van der Waals surface area contributed by atoms with Crippen molar-refractivity contribution in [1.29, 1.82) is 0 Å². The number of fused-ring (bicyclic) bond motifs is 1. The molecule has 0 aromatic heterocycles. The highest BCUT2D eigenvalue weighted by molar-refractivity contribution is 9.10. The number of likely N-dealkylation sites (tertiary alicyclic amines) is 1. The predicted molar refractivity (Wildman–Crippen MR) is 101 cm³/mol. The molecule has 2 aromatic carbocycles. The Balaban J connectivity index is 1.45. The fourth-order valence-electron chi connectivity index (χ4n) is 3.46. The second-order valence-electron chi connectivity index (χ2n) is 6.39. The third-order valence-electron chi connectivity index (χ3n) is 4.68. The summed E-state index contributed by atoms with van der Waals surface area (Å²) in [6, 6.07) is 13.5. The highest BCUT2D eigenvalue weighted by Crippen LogP contribution is 2.38. The number of ether oxygens (including phenoxy) is 3. The van der Waals surface area contributed by atoms with Crippen molar-refractivity contribution in [2.45, 2.75) is 18.9 Å². The molecule has 0 bridgehead atoms. The molecule has 1 amide bonds. The molecule has 2 aliphatic heterocycles. The van der Waals surface area contributed by atoms with Gasteiger partial charge in [0.2, 0.25) is 0 Å². The lowest BCUT2D eigenvalue weighted by molar-refractivity contribution is -0.134.